The van der Waals surface area contributed by atoms with Gasteiger partial charge in [-0.15, -0.1) is 0 Å². The SMILES string of the molecule is CNC(CCN(C)CC(F)(F)F)c1ccc(Br)cc1. The lowest BCUT2D eigenvalue weighted by Crippen LogP contribution is -2.33. The average Bonchev–Trinajstić information content (AvgIpc) is 2.29. The van der Waals surface area contributed by atoms with Crippen LogP contribution in [0.15, 0.2) is 28.7 Å². The molecule has 0 aliphatic heterocycles. The fraction of sp³-hybridized carbons (Fsp3) is 0.538. The van der Waals surface area contributed by atoms with Crippen LogP contribution in [0.25, 0.3) is 0 Å². The van der Waals surface area contributed by atoms with E-state index >= 15 is 0 Å². The number of rotatable bonds is 6. The summed E-state index contributed by atoms with van der Waals surface area (Å²) < 4.78 is 37.6. The maximum absolute atomic E-state index is 12.2. The number of hydrogen-bond acceptors (Lipinski definition) is 2. The molecule has 0 aliphatic carbocycles. The Kier molecular flexibility index (Phi) is 6.29. The largest absolute Gasteiger partial charge is 0.401 e. The van der Waals surface area contributed by atoms with Gasteiger partial charge in [-0.25, -0.2) is 0 Å². The number of nitrogens with zero attached hydrogens (tertiary/aromatic N) is 1. The molecule has 0 saturated carbocycles. The topological polar surface area (TPSA) is 15.3 Å². The lowest BCUT2D eigenvalue weighted by molar-refractivity contribution is -0.143. The molecule has 19 heavy (non-hydrogen) atoms. The van der Waals surface area contributed by atoms with Crippen molar-refractivity contribution in [1.29, 1.82) is 0 Å². The summed E-state index contributed by atoms with van der Waals surface area (Å²) in [5.74, 6) is 0. The maximum atomic E-state index is 12.2. The molecule has 1 rings (SSSR count). The minimum atomic E-state index is -4.14. The van der Waals surface area contributed by atoms with Crippen molar-refractivity contribution in [3.63, 3.8) is 0 Å². The second-order valence-corrected chi connectivity index (χ2v) is 5.45. The molecule has 1 aromatic rings. The van der Waals surface area contributed by atoms with Gasteiger partial charge >= 0.3 is 6.18 Å². The van der Waals surface area contributed by atoms with E-state index in [1.165, 1.54) is 11.9 Å². The molecule has 2 nitrogen and oxygen atoms in total. The van der Waals surface area contributed by atoms with Crippen molar-refractivity contribution in [2.45, 2.75) is 18.6 Å². The second-order valence-electron chi connectivity index (χ2n) is 4.53. The Morgan fingerprint density at radius 2 is 1.84 bits per heavy atom. The molecule has 1 N–H and O–H groups in total. The van der Waals surface area contributed by atoms with Crippen LogP contribution in [0.2, 0.25) is 0 Å². The van der Waals surface area contributed by atoms with Gasteiger partial charge in [0.15, 0.2) is 0 Å². The van der Waals surface area contributed by atoms with Crippen LogP contribution in [0, 0.1) is 0 Å². The van der Waals surface area contributed by atoms with Crippen molar-refractivity contribution < 1.29 is 13.2 Å². The monoisotopic (exact) mass is 338 g/mol. The molecule has 0 spiro atoms. The van der Waals surface area contributed by atoms with Crippen LogP contribution in [0.5, 0.6) is 0 Å². The van der Waals surface area contributed by atoms with Crippen molar-refractivity contribution in [2.75, 3.05) is 27.2 Å². The van der Waals surface area contributed by atoms with E-state index in [0.717, 1.165) is 10.0 Å². The van der Waals surface area contributed by atoms with Gasteiger partial charge in [0, 0.05) is 10.5 Å². The number of hydrogen-bond donors (Lipinski definition) is 1. The number of nitrogens with one attached hydrogen (secondary N) is 1. The van der Waals surface area contributed by atoms with Gasteiger partial charge in [0.1, 0.15) is 0 Å². The molecule has 0 radical (unpaired) electrons. The molecule has 1 unspecified atom stereocenters. The standard InChI is InChI=1S/C13H18BrF3N2/c1-18-12(10-3-5-11(14)6-4-10)7-8-19(2)9-13(15,16)17/h3-6,12,18H,7-9H2,1-2H3. The highest BCUT2D eigenvalue weighted by molar-refractivity contribution is 9.10. The van der Waals surface area contributed by atoms with Gasteiger partial charge in [-0.3, -0.25) is 4.90 Å². The van der Waals surface area contributed by atoms with Gasteiger partial charge in [-0.05, 0) is 44.8 Å². The van der Waals surface area contributed by atoms with Crippen LogP contribution in [-0.2, 0) is 0 Å². The van der Waals surface area contributed by atoms with Gasteiger partial charge in [0.25, 0.3) is 0 Å². The van der Waals surface area contributed by atoms with E-state index < -0.39 is 12.7 Å². The van der Waals surface area contributed by atoms with Crippen molar-refractivity contribution in [3.05, 3.63) is 34.3 Å². The molecule has 0 fully saturated rings. The zero-order valence-electron chi connectivity index (χ0n) is 11.0. The summed E-state index contributed by atoms with van der Waals surface area (Å²) in [7, 11) is 3.30. The first kappa shape index (κ1) is 16.5. The molecule has 6 heteroatoms. The van der Waals surface area contributed by atoms with E-state index in [-0.39, 0.29) is 6.04 Å². The number of halogens is 4. The molecule has 0 aliphatic rings. The fourth-order valence-corrected chi connectivity index (χ4v) is 2.17. The van der Waals surface area contributed by atoms with Crippen molar-refractivity contribution in [2.24, 2.45) is 0 Å². The Bertz CT molecular complexity index is 378. The zero-order valence-corrected chi connectivity index (χ0v) is 12.6. The van der Waals surface area contributed by atoms with E-state index in [0.29, 0.717) is 13.0 Å². The van der Waals surface area contributed by atoms with E-state index in [1.54, 1.807) is 0 Å². The third kappa shape index (κ3) is 6.40. The summed E-state index contributed by atoms with van der Waals surface area (Å²) in [6.07, 6.45) is -3.51. The third-order valence-corrected chi connectivity index (χ3v) is 3.40. The average molecular weight is 339 g/mol. The summed E-state index contributed by atoms with van der Waals surface area (Å²) in [6.45, 7) is -0.481. The van der Waals surface area contributed by atoms with Crippen molar-refractivity contribution in [1.82, 2.24) is 10.2 Å². The van der Waals surface area contributed by atoms with Gasteiger partial charge < -0.3 is 5.32 Å². The Labute approximate surface area is 120 Å². The third-order valence-electron chi connectivity index (χ3n) is 2.87. The van der Waals surface area contributed by atoms with Crippen molar-refractivity contribution in [3.8, 4) is 0 Å². The lowest BCUT2D eigenvalue weighted by Gasteiger charge is -2.22. The highest BCUT2D eigenvalue weighted by Crippen LogP contribution is 2.21. The minimum absolute atomic E-state index is 0.0591. The molecule has 1 aromatic carbocycles. The summed E-state index contributed by atoms with van der Waals surface area (Å²) >= 11 is 3.36. The predicted molar refractivity (Wildman–Crippen MR) is 74.1 cm³/mol. The molecule has 0 heterocycles. The Balaban J connectivity index is 2.51. The van der Waals surface area contributed by atoms with Gasteiger partial charge in [0.2, 0.25) is 0 Å². The molecule has 108 valence electrons. The van der Waals surface area contributed by atoms with Crippen LogP contribution in [0.1, 0.15) is 18.0 Å². The number of benzene rings is 1. The predicted octanol–water partition coefficient (Wildman–Crippen LogP) is 3.59. The summed E-state index contributed by atoms with van der Waals surface area (Å²) in [5, 5.41) is 3.13. The van der Waals surface area contributed by atoms with Crippen molar-refractivity contribution >= 4 is 15.9 Å². The number of alkyl halides is 3. The zero-order chi connectivity index (χ0) is 14.5. The van der Waals surface area contributed by atoms with Crippen LogP contribution in [0.3, 0.4) is 0 Å². The van der Waals surface area contributed by atoms with E-state index in [9.17, 15) is 13.2 Å². The van der Waals surface area contributed by atoms with Crippen LogP contribution in [0.4, 0.5) is 13.2 Å². The van der Waals surface area contributed by atoms with Crippen LogP contribution in [-0.4, -0.2) is 38.3 Å². The van der Waals surface area contributed by atoms with Gasteiger partial charge in [-0.1, -0.05) is 28.1 Å². The lowest BCUT2D eigenvalue weighted by atomic mass is 10.0. The Hall–Kier alpha value is -0.590. The molecule has 0 amide bonds. The Morgan fingerprint density at radius 3 is 2.32 bits per heavy atom. The molecule has 0 bridgehead atoms. The first-order valence-corrected chi connectivity index (χ1v) is 6.79. The summed E-state index contributed by atoms with van der Waals surface area (Å²) in [5.41, 5.74) is 1.08. The van der Waals surface area contributed by atoms with E-state index in [1.807, 2.05) is 31.3 Å². The van der Waals surface area contributed by atoms with Gasteiger partial charge in [0.05, 0.1) is 6.54 Å². The first-order chi connectivity index (χ1) is 8.81. The Morgan fingerprint density at radius 1 is 1.26 bits per heavy atom. The van der Waals surface area contributed by atoms with Gasteiger partial charge in [-0.2, -0.15) is 13.2 Å². The second kappa shape index (κ2) is 7.26. The summed E-state index contributed by atoms with van der Waals surface area (Å²) in [4.78, 5) is 1.29. The normalized spacial score (nSPS) is 13.8. The molecule has 1 atom stereocenters. The summed E-state index contributed by atoms with van der Waals surface area (Å²) in [6, 6.07) is 7.85. The first-order valence-electron chi connectivity index (χ1n) is 6.00. The quantitative estimate of drug-likeness (QED) is 0.852. The van der Waals surface area contributed by atoms with Crippen LogP contribution >= 0.6 is 15.9 Å². The highest BCUT2D eigenvalue weighted by Gasteiger charge is 2.29. The molecular formula is C13H18BrF3N2. The fourth-order valence-electron chi connectivity index (χ4n) is 1.91. The maximum Gasteiger partial charge on any atom is 0.401 e. The smallest absolute Gasteiger partial charge is 0.313 e. The van der Waals surface area contributed by atoms with E-state index in [2.05, 4.69) is 21.2 Å². The molecule has 0 aromatic heterocycles. The van der Waals surface area contributed by atoms with E-state index in [4.69, 9.17) is 0 Å². The van der Waals surface area contributed by atoms with Crippen LogP contribution < -0.4 is 5.32 Å². The highest BCUT2D eigenvalue weighted by atomic mass is 79.9. The molecular weight excluding hydrogens is 321 g/mol. The molecule has 0 saturated heterocycles. The minimum Gasteiger partial charge on any atom is -0.313 e.